The minimum absolute atomic E-state index is 0.568. The molecule has 0 radical (unpaired) electrons. The SMILES string of the molecule is c1ccc(-c2cccc3oc4cc(-c5nc(-c6ccc7ccccc7c6)nc(-c6cccc7oc8ccccc8c67)n5)ccc4c23)cc1. The summed E-state index contributed by atoms with van der Waals surface area (Å²) in [5.74, 6) is 1.75. The second-order valence-corrected chi connectivity index (χ2v) is 12.0. The fraction of sp³-hybridized carbons (Fsp3) is 0. The molecule has 48 heavy (non-hydrogen) atoms. The van der Waals surface area contributed by atoms with Crippen LogP contribution in [-0.2, 0) is 0 Å². The van der Waals surface area contributed by atoms with Crippen molar-refractivity contribution in [1.29, 1.82) is 0 Å². The molecule has 5 heteroatoms. The molecule has 10 rings (SSSR count). The van der Waals surface area contributed by atoms with Crippen LogP contribution in [0.2, 0.25) is 0 Å². The zero-order valence-corrected chi connectivity index (χ0v) is 25.6. The number of aromatic nitrogens is 3. The third-order valence-corrected chi connectivity index (χ3v) is 9.13. The first-order chi connectivity index (χ1) is 23.8. The smallest absolute Gasteiger partial charge is 0.164 e. The monoisotopic (exact) mass is 615 g/mol. The van der Waals surface area contributed by atoms with Gasteiger partial charge in [-0.3, -0.25) is 0 Å². The van der Waals surface area contributed by atoms with E-state index in [1.165, 1.54) is 0 Å². The minimum atomic E-state index is 0.568. The number of nitrogens with zero attached hydrogens (tertiary/aromatic N) is 3. The Morgan fingerprint density at radius 2 is 0.917 bits per heavy atom. The highest BCUT2D eigenvalue weighted by Crippen LogP contribution is 2.39. The predicted octanol–water partition coefficient (Wildman–Crippen LogP) is 11.5. The maximum atomic E-state index is 6.47. The summed E-state index contributed by atoms with van der Waals surface area (Å²) in [4.78, 5) is 15.3. The lowest BCUT2D eigenvalue weighted by atomic mass is 9.99. The van der Waals surface area contributed by atoms with E-state index in [9.17, 15) is 0 Å². The molecule has 0 saturated carbocycles. The second-order valence-electron chi connectivity index (χ2n) is 12.0. The Hall–Kier alpha value is -6.59. The number of hydrogen-bond acceptors (Lipinski definition) is 5. The topological polar surface area (TPSA) is 65.0 Å². The maximum Gasteiger partial charge on any atom is 0.164 e. The van der Waals surface area contributed by atoms with Crippen LogP contribution >= 0.6 is 0 Å². The summed E-state index contributed by atoms with van der Waals surface area (Å²) in [6.07, 6.45) is 0. The van der Waals surface area contributed by atoms with Gasteiger partial charge in [-0.25, -0.2) is 15.0 Å². The van der Waals surface area contributed by atoms with Crippen LogP contribution in [0.4, 0.5) is 0 Å². The fourth-order valence-corrected chi connectivity index (χ4v) is 6.87. The summed E-state index contributed by atoms with van der Waals surface area (Å²) in [6.45, 7) is 0. The number of fused-ring (bicyclic) bond motifs is 7. The van der Waals surface area contributed by atoms with E-state index in [1.54, 1.807) is 0 Å². The van der Waals surface area contributed by atoms with Gasteiger partial charge < -0.3 is 8.83 Å². The summed E-state index contributed by atoms with van der Waals surface area (Å²) in [7, 11) is 0. The Morgan fingerprint density at radius 3 is 1.75 bits per heavy atom. The highest BCUT2D eigenvalue weighted by Gasteiger charge is 2.19. The Morgan fingerprint density at radius 1 is 0.333 bits per heavy atom. The van der Waals surface area contributed by atoms with Gasteiger partial charge in [0.05, 0.1) is 0 Å². The van der Waals surface area contributed by atoms with Crippen molar-refractivity contribution in [2.75, 3.05) is 0 Å². The van der Waals surface area contributed by atoms with Gasteiger partial charge in [0.15, 0.2) is 17.5 Å². The highest BCUT2D eigenvalue weighted by molar-refractivity contribution is 6.13. The summed E-state index contributed by atoms with van der Waals surface area (Å²) >= 11 is 0. The van der Waals surface area contributed by atoms with Crippen molar-refractivity contribution < 1.29 is 8.83 Å². The van der Waals surface area contributed by atoms with E-state index >= 15 is 0 Å². The molecule has 5 nitrogen and oxygen atoms in total. The van der Waals surface area contributed by atoms with Crippen molar-refractivity contribution >= 4 is 54.6 Å². The van der Waals surface area contributed by atoms with E-state index in [4.69, 9.17) is 23.8 Å². The molecule has 0 N–H and O–H groups in total. The summed E-state index contributed by atoms with van der Waals surface area (Å²) < 4.78 is 12.7. The molecule has 0 aliphatic rings. The molecule has 3 heterocycles. The first kappa shape index (κ1) is 26.6. The molecule has 7 aromatic carbocycles. The Balaban J connectivity index is 1.20. The van der Waals surface area contributed by atoms with Crippen LogP contribution in [0, 0.1) is 0 Å². The van der Waals surface area contributed by atoms with Gasteiger partial charge in [-0.15, -0.1) is 0 Å². The van der Waals surface area contributed by atoms with E-state index in [1.807, 2.05) is 66.7 Å². The van der Waals surface area contributed by atoms with E-state index in [-0.39, 0.29) is 0 Å². The Bertz CT molecular complexity index is 2850. The third kappa shape index (κ3) is 4.22. The zero-order chi connectivity index (χ0) is 31.6. The molecule has 0 aliphatic heterocycles. The molecule has 0 amide bonds. The van der Waals surface area contributed by atoms with Crippen molar-refractivity contribution in [3.05, 3.63) is 152 Å². The molecule has 0 saturated heterocycles. The minimum Gasteiger partial charge on any atom is -0.456 e. The molecule has 10 aromatic rings. The van der Waals surface area contributed by atoms with Crippen LogP contribution in [0.3, 0.4) is 0 Å². The molecule has 0 fully saturated rings. The van der Waals surface area contributed by atoms with E-state index < -0.39 is 0 Å². The van der Waals surface area contributed by atoms with E-state index in [2.05, 4.69) is 84.9 Å². The van der Waals surface area contributed by atoms with Crippen LogP contribution in [-0.4, -0.2) is 15.0 Å². The molecule has 224 valence electrons. The van der Waals surface area contributed by atoms with Gasteiger partial charge in [0, 0.05) is 38.2 Å². The van der Waals surface area contributed by atoms with Crippen molar-refractivity contribution in [3.8, 4) is 45.3 Å². The van der Waals surface area contributed by atoms with Crippen molar-refractivity contribution in [2.24, 2.45) is 0 Å². The molecule has 0 aliphatic carbocycles. The normalized spacial score (nSPS) is 11.8. The third-order valence-electron chi connectivity index (χ3n) is 9.13. The lowest BCUT2D eigenvalue weighted by Crippen LogP contribution is -2.00. The quantitative estimate of drug-likeness (QED) is 0.197. The first-order valence-corrected chi connectivity index (χ1v) is 15.9. The summed E-state index contributed by atoms with van der Waals surface area (Å²) in [6, 6.07) is 51.6. The van der Waals surface area contributed by atoms with Gasteiger partial charge in [0.25, 0.3) is 0 Å². The lowest BCUT2D eigenvalue weighted by Gasteiger charge is -2.10. The molecule has 0 unspecified atom stereocenters. The zero-order valence-electron chi connectivity index (χ0n) is 25.6. The molecular weight excluding hydrogens is 590 g/mol. The second kappa shape index (κ2) is 10.5. The molecule has 0 bridgehead atoms. The van der Waals surface area contributed by atoms with Crippen molar-refractivity contribution in [2.45, 2.75) is 0 Å². The largest absolute Gasteiger partial charge is 0.456 e. The van der Waals surface area contributed by atoms with Gasteiger partial charge >= 0.3 is 0 Å². The van der Waals surface area contributed by atoms with Gasteiger partial charge in [-0.2, -0.15) is 0 Å². The van der Waals surface area contributed by atoms with E-state index in [0.717, 1.165) is 82.5 Å². The number of rotatable bonds is 4. The molecule has 3 aromatic heterocycles. The number of benzene rings is 7. The Labute approximate surface area is 274 Å². The van der Waals surface area contributed by atoms with Crippen LogP contribution < -0.4 is 0 Å². The average Bonchev–Trinajstić information content (AvgIpc) is 3.73. The number of hydrogen-bond donors (Lipinski definition) is 0. The molecule has 0 spiro atoms. The molecule has 0 atom stereocenters. The maximum absolute atomic E-state index is 6.47. The molecular formula is C43H25N3O2. The van der Waals surface area contributed by atoms with Gasteiger partial charge in [-0.05, 0) is 58.3 Å². The predicted molar refractivity (Wildman–Crippen MR) is 194 cm³/mol. The highest BCUT2D eigenvalue weighted by atomic mass is 16.3. The lowest BCUT2D eigenvalue weighted by molar-refractivity contribution is 0.668. The van der Waals surface area contributed by atoms with E-state index in [0.29, 0.717) is 17.5 Å². The summed E-state index contributed by atoms with van der Waals surface area (Å²) in [5, 5.41) is 6.44. The van der Waals surface area contributed by atoms with Crippen LogP contribution in [0.1, 0.15) is 0 Å². The standard InChI is InChI=1S/C43H25N3O2/c1-2-11-27(12-3-1)31-15-8-18-36-39(31)33-23-22-30(25-38(33)48-36)42-44-41(29-21-20-26-10-4-5-13-28(26)24-29)45-43(46-42)34-16-9-19-37-40(34)32-14-6-7-17-35(32)47-37/h1-25H. The van der Waals surface area contributed by atoms with Gasteiger partial charge in [0.1, 0.15) is 22.3 Å². The number of furan rings is 2. The number of para-hydroxylation sites is 1. The van der Waals surface area contributed by atoms with Crippen molar-refractivity contribution in [3.63, 3.8) is 0 Å². The summed E-state index contributed by atoms with van der Waals surface area (Å²) in [5.41, 5.74) is 8.19. The van der Waals surface area contributed by atoms with Crippen LogP contribution in [0.25, 0.3) is 99.9 Å². The van der Waals surface area contributed by atoms with Crippen LogP contribution in [0.15, 0.2) is 160 Å². The van der Waals surface area contributed by atoms with Crippen molar-refractivity contribution in [1.82, 2.24) is 15.0 Å². The van der Waals surface area contributed by atoms with Crippen LogP contribution in [0.5, 0.6) is 0 Å². The van der Waals surface area contributed by atoms with Gasteiger partial charge in [0.2, 0.25) is 0 Å². The Kier molecular flexibility index (Phi) is 5.81. The fourth-order valence-electron chi connectivity index (χ4n) is 6.87. The first-order valence-electron chi connectivity index (χ1n) is 15.9. The average molecular weight is 616 g/mol. The van der Waals surface area contributed by atoms with Gasteiger partial charge in [-0.1, -0.05) is 115 Å².